The summed E-state index contributed by atoms with van der Waals surface area (Å²) in [7, 11) is 1.72. The van der Waals surface area contributed by atoms with Crippen molar-refractivity contribution in [1.82, 2.24) is 19.7 Å². The van der Waals surface area contributed by atoms with Gasteiger partial charge in [-0.1, -0.05) is 6.07 Å². The summed E-state index contributed by atoms with van der Waals surface area (Å²) in [6.07, 6.45) is 7.53. The van der Waals surface area contributed by atoms with Crippen LogP contribution in [0, 0.1) is 0 Å². The summed E-state index contributed by atoms with van der Waals surface area (Å²) in [6, 6.07) is 12.6. The maximum Gasteiger partial charge on any atom is 0.123 e. The molecule has 0 bridgehead atoms. The van der Waals surface area contributed by atoms with Gasteiger partial charge < -0.3 is 4.74 Å². The molecule has 1 aliphatic rings. The Kier molecular flexibility index (Phi) is 4.48. The van der Waals surface area contributed by atoms with Gasteiger partial charge in [0.1, 0.15) is 5.75 Å². The zero-order valence-corrected chi connectivity index (χ0v) is 14.4. The van der Waals surface area contributed by atoms with E-state index in [9.17, 15) is 0 Å². The molecule has 0 aliphatic carbocycles. The van der Waals surface area contributed by atoms with Crippen molar-refractivity contribution in [3.05, 3.63) is 77.9 Å². The van der Waals surface area contributed by atoms with Crippen LogP contribution >= 0.6 is 0 Å². The van der Waals surface area contributed by atoms with E-state index in [0.717, 1.165) is 37.5 Å². The Morgan fingerprint density at radius 1 is 1.08 bits per heavy atom. The van der Waals surface area contributed by atoms with Gasteiger partial charge in [-0.2, -0.15) is 5.10 Å². The van der Waals surface area contributed by atoms with Gasteiger partial charge in [-0.25, -0.2) is 0 Å². The van der Waals surface area contributed by atoms with Crippen LogP contribution in [0.2, 0.25) is 0 Å². The normalized spacial score (nSPS) is 15.1. The lowest BCUT2D eigenvalue weighted by molar-refractivity contribution is 0.139. The van der Waals surface area contributed by atoms with Gasteiger partial charge in [0.15, 0.2) is 0 Å². The fraction of sp³-hybridized carbons (Fsp3) is 0.300. The molecule has 0 radical (unpaired) electrons. The van der Waals surface area contributed by atoms with Gasteiger partial charge in [0.25, 0.3) is 0 Å². The largest absolute Gasteiger partial charge is 0.496 e. The second-order valence-electron chi connectivity index (χ2n) is 6.52. The van der Waals surface area contributed by atoms with Gasteiger partial charge in [-0.15, -0.1) is 0 Å². The summed E-state index contributed by atoms with van der Waals surface area (Å²) in [4.78, 5) is 6.57. The van der Waals surface area contributed by atoms with Crippen molar-refractivity contribution in [2.45, 2.75) is 19.0 Å². The molecule has 2 aromatic heterocycles. The fourth-order valence-corrected chi connectivity index (χ4v) is 3.43. The fourth-order valence-electron chi connectivity index (χ4n) is 3.43. The monoisotopic (exact) mass is 334 g/mol. The van der Waals surface area contributed by atoms with Crippen LogP contribution in [-0.4, -0.2) is 39.9 Å². The van der Waals surface area contributed by atoms with Gasteiger partial charge in [0, 0.05) is 55.9 Å². The number of benzene rings is 1. The SMILES string of the molecule is COc1ccc(CN2CC(c3ccncc3)C2)cc1Cn1cccn1. The predicted molar refractivity (Wildman–Crippen MR) is 96.6 cm³/mol. The first-order chi connectivity index (χ1) is 12.3. The van der Waals surface area contributed by atoms with Crippen molar-refractivity contribution in [3.8, 4) is 5.75 Å². The average molecular weight is 334 g/mol. The Bertz CT molecular complexity index is 811. The zero-order valence-electron chi connectivity index (χ0n) is 14.4. The van der Waals surface area contributed by atoms with E-state index in [0.29, 0.717) is 5.92 Å². The number of ether oxygens (including phenoxy) is 1. The topological polar surface area (TPSA) is 43.2 Å². The summed E-state index contributed by atoms with van der Waals surface area (Å²) >= 11 is 0. The van der Waals surface area contributed by atoms with Crippen LogP contribution in [0.4, 0.5) is 0 Å². The Hall–Kier alpha value is -2.66. The van der Waals surface area contributed by atoms with Crippen LogP contribution in [0.15, 0.2) is 61.2 Å². The number of hydrogen-bond donors (Lipinski definition) is 0. The number of likely N-dealkylation sites (tertiary alicyclic amines) is 1. The van der Waals surface area contributed by atoms with Crippen LogP contribution in [-0.2, 0) is 13.1 Å². The van der Waals surface area contributed by atoms with Crippen molar-refractivity contribution < 1.29 is 4.74 Å². The molecule has 0 saturated carbocycles. The third kappa shape index (κ3) is 3.56. The molecule has 3 heterocycles. The first-order valence-electron chi connectivity index (χ1n) is 8.57. The molecule has 1 fully saturated rings. The molecule has 1 aromatic carbocycles. The molecule has 25 heavy (non-hydrogen) atoms. The number of methoxy groups -OCH3 is 1. The van der Waals surface area contributed by atoms with E-state index in [1.165, 1.54) is 11.1 Å². The second-order valence-corrected chi connectivity index (χ2v) is 6.52. The summed E-state index contributed by atoms with van der Waals surface area (Å²) in [5.41, 5.74) is 3.87. The number of aromatic nitrogens is 3. The molecule has 0 atom stereocenters. The maximum absolute atomic E-state index is 5.51. The van der Waals surface area contributed by atoms with E-state index in [1.807, 2.05) is 29.3 Å². The molecule has 128 valence electrons. The summed E-state index contributed by atoms with van der Waals surface area (Å²) in [6.45, 7) is 3.90. The number of hydrogen-bond acceptors (Lipinski definition) is 4. The number of rotatable bonds is 6. The standard InChI is InChI=1S/C20H22N4O/c1-25-20-4-3-16(11-18(20)15-24-10-2-7-22-24)12-23-13-19(14-23)17-5-8-21-9-6-17/h2-11,19H,12-15H2,1H3. The third-order valence-electron chi connectivity index (χ3n) is 4.78. The Morgan fingerprint density at radius 3 is 2.64 bits per heavy atom. The van der Waals surface area contributed by atoms with Crippen LogP contribution in [0.25, 0.3) is 0 Å². The minimum atomic E-state index is 0.629. The van der Waals surface area contributed by atoms with E-state index < -0.39 is 0 Å². The summed E-state index contributed by atoms with van der Waals surface area (Å²) in [5.74, 6) is 1.54. The van der Waals surface area contributed by atoms with Crippen molar-refractivity contribution in [3.63, 3.8) is 0 Å². The highest BCUT2D eigenvalue weighted by molar-refractivity contribution is 5.37. The summed E-state index contributed by atoms with van der Waals surface area (Å²) in [5, 5.41) is 4.29. The van der Waals surface area contributed by atoms with E-state index in [-0.39, 0.29) is 0 Å². The van der Waals surface area contributed by atoms with E-state index in [2.05, 4.69) is 45.3 Å². The first-order valence-corrected chi connectivity index (χ1v) is 8.57. The predicted octanol–water partition coefficient (Wildman–Crippen LogP) is 2.93. The van der Waals surface area contributed by atoms with Crippen LogP contribution < -0.4 is 4.74 Å². The minimum Gasteiger partial charge on any atom is -0.496 e. The van der Waals surface area contributed by atoms with Crippen molar-refractivity contribution in [2.75, 3.05) is 20.2 Å². The zero-order chi connectivity index (χ0) is 17.1. The van der Waals surface area contributed by atoms with Crippen LogP contribution in [0.5, 0.6) is 5.75 Å². The molecule has 5 heteroatoms. The smallest absolute Gasteiger partial charge is 0.123 e. The summed E-state index contributed by atoms with van der Waals surface area (Å²) < 4.78 is 7.43. The highest BCUT2D eigenvalue weighted by atomic mass is 16.5. The molecule has 0 amide bonds. The van der Waals surface area contributed by atoms with Gasteiger partial charge in [0.05, 0.1) is 13.7 Å². The number of pyridine rings is 1. The highest BCUT2D eigenvalue weighted by Gasteiger charge is 2.27. The highest BCUT2D eigenvalue weighted by Crippen LogP contribution is 2.29. The van der Waals surface area contributed by atoms with Gasteiger partial charge in [0.2, 0.25) is 0 Å². The third-order valence-corrected chi connectivity index (χ3v) is 4.78. The van der Waals surface area contributed by atoms with E-state index >= 15 is 0 Å². The van der Waals surface area contributed by atoms with Crippen molar-refractivity contribution in [2.24, 2.45) is 0 Å². The van der Waals surface area contributed by atoms with Gasteiger partial charge in [-0.3, -0.25) is 14.6 Å². The molecule has 1 aliphatic heterocycles. The molecular formula is C20H22N4O. The van der Waals surface area contributed by atoms with Crippen molar-refractivity contribution >= 4 is 0 Å². The molecule has 0 spiro atoms. The van der Waals surface area contributed by atoms with E-state index in [1.54, 1.807) is 13.3 Å². The maximum atomic E-state index is 5.51. The van der Waals surface area contributed by atoms with Crippen molar-refractivity contribution in [1.29, 1.82) is 0 Å². The van der Waals surface area contributed by atoms with E-state index in [4.69, 9.17) is 4.74 Å². The molecule has 1 saturated heterocycles. The molecule has 5 nitrogen and oxygen atoms in total. The average Bonchev–Trinajstić information content (AvgIpc) is 3.12. The van der Waals surface area contributed by atoms with Crippen LogP contribution in [0.3, 0.4) is 0 Å². The molecule has 0 N–H and O–H groups in total. The van der Waals surface area contributed by atoms with Gasteiger partial charge in [-0.05, 0) is 41.5 Å². The molecule has 3 aromatic rings. The first kappa shape index (κ1) is 15.8. The lowest BCUT2D eigenvalue weighted by atomic mass is 9.92. The molecule has 0 unspecified atom stereocenters. The van der Waals surface area contributed by atoms with Gasteiger partial charge >= 0.3 is 0 Å². The Morgan fingerprint density at radius 2 is 1.92 bits per heavy atom. The quantitative estimate of drug-likeness (QED) is 0.695. The lowest BCUT2D eigenvalue weighted by Gasteiger charge is -2.39. The van der Waals surface area contributed by atoms with Crippen LogP contribution in [0.1, 0.15) is 22.6 Å². The number of nitrogens with zero attached hydrogens (tertiary/aromatic N) is 4. The lowest BCUT2D eigenvalue weighted by Crippen LogP contribution is -2.44. The molecule has 4 rings (SSSR count). The Balaban J connectivity index is 1.41. The second kappa shape index (κ2) is 7.07. The minimum absolute atomic E-state index is 0.629. The Labute approximate surface area is 147 Å². The molecular weight excluding hydrogens is 312 g/mol.